The van der Waals surface area contributed by atoms with Gasteiger partial charge in [-0.3, -0.25) is 9.59 Å². The first-order valence-corrected chi connectivity index (χ1v) is 8.04. The van der Waals surface area contributed by atoms with E-state index in [2.05, 4.69) is 10.6 Å². The number of ether oxygens (including phenoxy) is 1. The molecule has 2 heterocycles. The van der Waals surface area contributed by atoms with Crippen LogP contribution in [0.4, 0.5) is 5.69 Å². The van der Waals surface area contributed by atoms with Gasteiger partial charge in [-0.05, 0) is 37.1 Å². The van der Waals surface area contributed by atoms with E-state index in [0.717, 1.165) is 18.4 Å². The predicted molar refractivity (Wildman–Crippen MR) is 92.6 cm³/mol. The van der Waals surface area contributed by atoms with E-state index in [9.17, 15) is 9.59 Å². The van der Waals surface area contributed by atoms with E-state index < -0.39 is 0 Å². The molecule has 1 fully saturated rings. The van der Waals surface area contributed by atoms with Gasteiger partial charge in [0.05, 0.1) is 12.0 Å². The minimum absolute atomic E-state index is 0.116. The molecule has 0 unspecified atom stereocenters. The highest BCUT2D eigenvalue weighted by molar-refractivity contribution is 6.08. The zero-order valence-electron chi connectivity index (χ0n) is 13.3. The number of hydrogen-bond acceptors (Lipinski definition) is 4. The van der Waals surface area contributed by atoms with Crippen LogP contribution in [0.2, 0.25) is 0 Å². The summed E-state index contributed by atoms with van der Waals surface area (Å²) in [6, 6.07) is 9.25. The molecule has 0 bridgehead atoms. The van der Waals surface area contributed by atoms with Gasteiger partial charge >= 0.3 is 0 Å². The van der Waals surface area contributed by atoms with Gasteiger partial charge in [-0.15, -0.1) is 0 Å². The van der Waals surface area contributed by atoms with Crippen molar-refractivity contribution in [2.24, 2.45) is 0 Å². The van der Waals surface area contributed by atoms with E-state index >= 15 is 0 Å². The highest BCUT2D eigenvalue weighted by Gasteiger charge is 2.23. The summed E-state index contributed by atoms with van der Waals surface area (Å²) in [7, 11) is 0. The lowest BCUT2D eigenvalue weighted by atomic mass is 10.2. The van der Waals surface area contributed by atoms with E-state index in [0.29, 0.717) is 23.2 Å². The Kier molecular flexibility index (Phi) is 3.85. The molecular formula is C19H16N2O4. The van der Waals surface area contributed by atoms with Crippen molar-refractivity contribution in [2.75, 3.05) is 5.32 Å². The molecule has 1 aliphatic heterocycles. The average molecular weight is 336 g/mol. The summed E-state index contributed by atoms with van der Waals surface area (Å²) in [6.45, 7) is 0. The number of carbonyl (C=O) groups excluding carboxylic acids is 2. The fourth-order valence-electron chi connectivity index (χ4n) is 2.41. The van der Waals surface area contributed by atoms with Crippen molar-refractivity contribution in [2.45, 2.75) is 18.9 Å². The zero-order chi connectivity index (χ0) is 17.2. The van der Waals surface area contributed by atoms with Gasteiger partial charge in [0.25, 0.3) is 5.91 Å². The predicted octanol–water partition coefficient (Wildman–Crippen LogP) is 2.94. The lowest BCUT2D eigenvalue weighted by Gasteiger charge is -2.19. The van der Waals surface area contributed by atoms with Crippen LogP contribution in [0.1, 0.15) is 24.2 Å². The molecule has 1 aliphatic carbocycles. The molecule has 2 aromatic rings. The first-order chi connectivity index (χ1) is 12.2. The van der Waals surface area contributed by atoms with Crippen molar-refractivity contribution in [1.29, 1.82) is 0 Å². The lowest BCUT2D eigenvalue weighted by molar-refractivity contribution is -0.116. The van der Waals surface area contributed by atoms with Crippen LogP contribution >= 0.6 is 0 Å². The number of carbonyl (C=O) groups is 2. The fraction of sp³-hybridized carbons (Fsp3) is 0.158. The van der Waals surface area contributed by atoms with Crippen LogP contribution in [0.15, 0.2) is 52.8 Å². The van der Waals surface area contributed by atoms with E-state index in [1.807, 2.05) is 12.1 Å². The molecule has 0 spiro atoms. The smallest absolute Gasteiger partial charge is 0.291 e. The minimum atomic E-state index is -0.337. The third-order valence-electron chi connectivity index (χ3n) is 3.84. The van der Waals surface area contributed by atoms with Crippen LogP contribution in [0.25, 0.3) is 12.2 Å². The van der Waals surface area contributed by atoms with Crippen molar-refractivity contribution < 1.29 is 18.7 Å². The standard InChI is InChI=1S/C19H16N2O4/c22-18(20-13-6-7-13)8-5-12-9-14(24-11-12)10-17-19(23)21-15-3-1-2-4-16(15)25-17/h1-5,8-11,13H,6-7H2,(H,20,22)(H,21,23)/b8-5+,17-10-. The molecule has 6 heteroatoms. The Balaban J connectivity index is 1.46. The van der Waals surface area contributed by atoms with Crippen LogP contribution in [-0.4, -0.2) is 17.9 Å². The van der Waals surface area contributed by atoms with Crippen LogP contribution in [0.3, 0.4) is 0 Å². The van der Waals surface area contributed by atoms with Crippen molar-refractivity contribution in [3.05, 3.63) is 59.8 Å². The Morgan fingerprint density at radius 1 is 1.28 bits per heavy atom. The monoisotopic (exact) mass is 336 g/mol. The second-order valence-electron chi connectivity index (χ2n) is 5.96. The number of anilines is 1. The summed E-state index contributed by atoms with van der Waals surface area (Å²) >= 11 is 0. The molecule has 1 aromatic carbocycles. The summed E-state index contributed by atoms with van der Waals surface area (Å²) in [5.41, 5.74) is 1.36. The number of para-hydroxylation sites is 2. The van der Waals surface area contributed by atoms with Crippen LogP contribution in [-0.2, 0) is 9.59 Å². The third-order valence-corrected chi connectivity index (χ3v) is 3.84. The number of amides is 2. The molecule has 126 valence electrons. The number of furan rings is 1. The van der Waals surface area contributed by atoms with Gasteiger partial charge in [0, 0.05) is 23.8 Å². The topological polar surface area (TPSA) is 80.6 Å². The highest BCUT2D eigenvalue weighted by atomic mass is 16.5. The Morgan fingerprint density at radius 3 is 2.96 bits per heavy atom. The molecular weight excluding hydrogens is 320 g/mol. The van der Waals surface area contributed by atoms with Gasteiger partial charge in [0.15, 0.2) is 11.5 Å². The summed E-state index contributed by atoms with van der Waals surface area (Å²) < 4.78 is 11.0. The Bertz CT molecular complexity index is 890. The minimum Gasteiger partial charge on any atom is -0.464 e. The zero-order valence-corrected chi connectivity index (χ0v) is 13.3. The summed E-state index contributed by atoms with van der Waals surface area (Å²) in [6.07, 6.45) is 8.28. The number of hydrogen-bond donors (Lipinski definition) is 2. The summed E-state index contributed by atoms with van der Waals surface area (Å²) in [5.74, 6) is 0.741. The number of benzene rings is 1. The molecule has 0 saturated heterocycles. The average Bonchev–Trinajstić information content (AvgIpc) is 3.30. The summed E-state index contributed by atoms with van der Waals surface area (Å²) in [4.78, 5) is 23.7. The molecule has 2 N–H and O–H groups in total. The molecule has 4 rings (SSSR count). The quantitative estimate of drug-likeness (QED) is 0.841. The first kappa shape index (κ1) is 15.3. The lowest BCUT2D eigenvalue weighted by Crippen LogP contribution is -2.23. The Labute approximate surface area is 144 Å². The second kappa shape index (κ2) is 6.32. The van der Waals surface area contributed by atoms with E-state index in [-0.39, 0.29) is 17.6 Å². The van der Waals surface area contributed by atoms with Crippen LogP contribution in [0.5, 0.6) is 5.75 Å². The van der Waals surface area contributed by atoms with Crippen molar-refractivity contribution in [3.63, 3.8) is 0 Å². The first-order valence-electron chi connectivity index (χ1n) is 8.04. The normalized spacial score (nSPS) is 17.9. The number of fused-ring (bicyclic) bond motifs is 1. The van der Waals surface area contributed by atoms with E-state index in [1.54, 1.807) is 24.3 Å². The Hall–Kier alpha value is -3.28. The van der Waals surface area contributed by atoms with Gasteiger partial charge in [-0.25, -0.2) is 0 Å². The Morgan fingerprint density at radius 2 is 2.12 bits per heavy atom. The number of rotatable bonds is 4. The molecule has 0 atom stereocenters. The SMILES string of the molecule is O=C(/C=C/c1coc(/C=C2\Oc3ccccc3NC2=O)c1)NC1CC1. The van der Waals surface area contributed by atoms with Crippen LogP contribution < -0.4 is 15.4 Å². The van der Waals surface area contributed by atoms with Gasteiger partial charge in [0.2, 0.25) is 5.91 Å². The van der Waals surface area contributed by atoms with E-state index in [4.69, 9.17) is 9.15 Å². The van der Waals surface area contributed by atoms with Crippen molar-refractivity contribution in [1.82, 2.24) is 5.32 Å². The maximum absolute atomic E-state index is 12.1. The van der Waals surface area contributed by atoms with Gasteiger partial charge in [0.1, 0.15) is 5.76 Å². The molecule has 1 saturated carbocycles. The molecule has 2 amide bonds. The maximum atomic E-state index is 12.1. The van der Waals surface area contributed by atoms with Crippen molar-refractivity contribution in [3.8, 4) is 5.75 Å². The van der Waals surface area contributed by atoms with Crippen LogP contribution in [0, 0.1) is 0 Å². The van der Waals surface area contributed by atoms with Gasteiger partial charge in [-0.2, -0.15) is 0 Å². The highest BCUT2D eigenvalue weighted by Crippen LogP contribution is 2.31. The second-order valence-corrected chi connectivity index (χ2v) is 5.96. The molecule has 0 radical (unpaired) electrons. The third kappa shape index (κ3) is 3.63. The summed E-state index contributed by atoms with van der Waals surface area (Å²) in [5, 5.41) is 5.63. The fourth-order valence-corrected chi connectivity index (χ4v) is 2.41. The maximum Gasteiger partial charge on any atom is 0.291 e. The van der Waals surface area contributed by atoms with Crippen molar-refractivity contribution >= 4 is 29.7 Å². The molecule has 25 heavy (non-hydrogen) atoms. The van der Waals surface area contributed by atoms with Gasteiger partial charge < -0.3 is 19.8 Å². The molecule has 2 aliphatic rings. The molecule has 6 nitrogen and oxygen atoms in total. The molecule has 1 aromatic heterocycles. The van der Waals surface area contributed by atoms with E-state index in [1.165, 1.54) is 18.4 Å². The largest absolute Gasteiger partial charge is 0.464 e. The van der Waals surface area contributed by atoms with Gasteiger partial charge in [-0.1, -0.05) is 12.1 Å². The number of nitrogens with one attached hydrogen (secondary N) is 2.